The number of hydrogen-bond donors (Lipinski definition) is 1. The van der Waals surface area contributed by atoms with Crippen molar-refractivity contribution in [2.24, 2.45) is 0 Å². The summed E-state index contributed by atoms with van der Waals surface area (Å²) in [5.41, 5.74) is 2.05. The standard InChI is InChI=1S/C15H13NO3/c1-16-14(18)11-4-2-3-10-9(7-8-17)5-6-12(13(10)11)15(16)19/h2-6,17H,7-8H2,1H3. The van der Waals surface area contributed by atoms with Crippen molar-refractivity contribution in [3.8, 4) is 0 Å². The number of rotatable bonds is 2. The summed E-state index contributed by atoms with van der Waals surface area (Å²) in [7, 11) is 1.49. The van der Waals surface area contributed by atoms with Gasteiger partial charge in [0.15, 0.2) is 0 Å². The number of aliphatic hydroxyl groups is 1. The number of aliphatic hydroxyl groups excluding tert-OH is 1. The van der Waals surface area contributed by atoms with Crippen molar-refractivity contribution >= 4 is 22.6 Å². The second-order valence-electron chi connectivity index (χ2n) is 4.64. The molecule has 2 aromatic carbocycles. The summed E-state index contributed by atoms with van der Waals surface area (Å²) < 4.78 is 0. The van der Waals surface area contributed by atoms with E-state index < -0.39 is 0 Å². The van der Waals surface area contributed by atoms with Crippen LogP contribution in [0.25, 0.3) is 10.8 Å². The van der Waals surface area contributed by atoms with Crippen LogP contribution in [0, 0.1) is 0 Å². The van der Waals surface area contributed by atoms with E-state index in [1.54, 1.807) is 12.1 Å². The van der Waals surface area contributed by atoms with Gasteiger partial charge in [0.25, 0.3) is 11.8 Å². The SMILES string of the molecule is CN1C(=O)c2cccc3c(CCO)ccc(c23)C1=O. The quantitative estimate of drug-likeness (QED) is 0.829. The van der Waals surface area contributed by atoms with Crippen LogP contribution < -0.4 is 0 Å². The molecule has 0 bridgehead atoms. The Morgan fingerprint density at radius 3 is 2.42 bits per heavy atom. The summed E-state index contributed by atoms with van der Waals surface area (Å²) in [6, 6.07) is 9.02. The minimum Gasteiger partial charge on any atom is -0.396 e. The van der Waals surface area contributed by atoms with Gasteiger partial charge in [0.1, 0.15) is 0 Å². The number of imide groups is 1. The van der Waals surface area contributed by atoms with Crippen molar-refractivity contribution in [1.82, 2.24) is 4.90 Å². The first-order valence-electron chi connectivity index (χ1n) is 6.13. The van der Waals surface area contributed by atoms with E-state index in [4.69, 9.17) is 5.11 Å². The molecule has 0 aromatic heterocycles. The van der Waals surface area contributed by atoms with Crippen LogP contribution in [-0.2, 0) is 6.42 Å². The molecule has 0 saturated carbocycles. The highest BCUT2D eigenvalue weighted by Crippen LogP contribution is 2.31. The van der Waals surface area contributed by atoms with E-state index in [0.29, 0.717) is 22.9 Å². The second kappa shape index (κ2) is 4.17. The van der Waals surface area contributed by atoms with Crippen LogP contribution in [0.5, 0.6) is 0 Å². The Kier molecular flexibility index (Phi) is 2.61. The zero-order valence-electron chi connectivity index (χ0n) is 10.5. The minimum atomic E-state index is -0.274. The van der Waals surface area contributed by atoms with Gasteiger partial charge in [-0.1, -0.05) is 18.2 Å². The fraction of sp³-hybridized carbons (Fsp3) is 0.200. The number of hydrogen-bond acceptors (Lipinski definition) is 3. The van der Waals surface area contributed by atoms with Crippen molar-refractivity contribution < 1.29 is 14.7 Å². The van der Waals surface area contributed by atoms with Crippen LogP contribution in [0.3, 0.4) is 0 Å². The molecule has 1 N–H and O–H groups in total. The molecule has 96 valence electrons. The highest BCUT2D eigenvalue weighted by molar-refractivity contribution is 6.25. The van der Waals surface area contributed by atoms with Gasteiger partial charge >= 0.3 is 0 Å². The Morgan fingerprint density at radius 1 is 1.05 bits per heavy atom. The molecule has 0 saturated heterocycles. The summed E-state index contributed by atoms with van der Waals surface area (Å²) in [4.78, 5) is 25.4. The summed E-state index contributed by atoms with van der Waals surface area (Å²) >= 11 is 0. The lowest BCUT2D eigenvalue weighted by atomic mass is 9.91. The van der Waals surface area contributed by atoms with E-state index >= 15 is 0 Å². The molecule has 4 heteroatoms. The zero-order valence-corrected chi connectivity index (χ0v) is 10.5. The number of carbonyl (C=O) groups excluding carboxylic acids is 2. The van der Waals surface area contributed by atoms with Gasteiger partial charge in [-0.15, -0.1) is 0 Å². The molecule has 4 nitrogen and oxygen atoms in total. The molecule has 0 unspecified atom stereocenters. The third kappa shape index (κ3) is 1.57. The molecule has 0 spiro atoms. The molecular weight excluding hydrogens is 242 g/mol. The van der Waals surface area contributed by atoms with Gasteiger partial charge in [-0.3, -0.25) is 14.5 Å². The maximum atomic E-state index is 12.1. The van der Waals surface area contributed by atoms with Crippen LogP contribution in [0.4, 0.5) is 0 Å². The van der Waals surface area contributed by atoms with Gasteiger partial charge in [0.2, 0.25) is 0 Å². The molecule has 19 heavy (non-hydrogen) atoms. The highest BCUT2D eigenvalue weighted by Gasteiger charge is 2.30. The first-order valence-corrected chi connectivity index (χ1v) is 6.13. The van der Waals surface area contributed by atoms with Gasteiger partial charge < -0.3 is 5.11 Å². The average Bonchev–Trinajstić information content (AvgIpc) is 2.44. The van der Waals surface area contributed by atoms with Crippen LogP contribution in [0.2, 0.25) is 0 Å². The van der Waals surface area contributed by atoms with Gasteiger partial charge in [0, 0.05) is 30.2 Å². The van der Waals surface area contributed by atoms with Crippen LogP contribution in [-0.4, -0.2) is 35.5 Å². The summed E-state index contributed by atoms with van der Waals surface area (Å²) in [6.07, 6.45) is 0.512. The van der Waals surface area contributed by atoms with Crippen molar-refractivity contribution in [3.05, 3.63) is 47.0 Å². The fourth-order valence-electron chi connectivity index (χ4n) is 2.62. The summed E-state index contributed by atoms with van der Waals surface area (Å²) in [5.74, 6) is -0.548. The molecule has 1 heterocycles. The molecule has 0 atom stereocenters. The number of carbonyl (C=O) groups is 2. The van der Waals surface area contributed by atoms with Crippen LogP contribution in [0.1, 0.15) is 26.3 Å². The largest absolute Gasteiger partial charge is 0.396 e. The predicted molar refractivity (Wildman–Crippen MR) is 71.2 cm³/mol. The Hall–Kier alpha value is -2.20. The lowest BCUT2D eigenvalue weighted by Gasteiger charge is -2.24. The first-order chi connectivity index (χ1) is 9.15. The normalized spacial score (nSPS) is 14.3. The molecular formula is C15H13NO3. The molecule has 0 radical (unpaired) electrons. The lowest BCUT2D eigenvalue weighted by Crippen LogP contribution is -2.36. The predicted octanol–water partition coefficient (Wildman–Crippen LogP) is 1.60. The fourth-order valence-corrected chi connectivity index (χ4v) is 2.62. The van der Waals surface area contributed by atoms with Gasteiger partial charge in [-0.2, -0.15) is 0 Å². The Bertz CT molecular complexity index is 684. The third-order valence-electron chi connectivity index (χ3n) is 3.58. The Balaban J connectivity index is 2.40. The molecule has 3 rings (SSSR count). The van der Waals surface area contributed by atoms with Crippen molar-refractivity contribution in [2.45, 2.75) is 6.42 Å². The maximum absolute atomic E-state index is 12.1. The second-order valence-corrected chi connectivity index (χ2v) is 4.64. The number of nitrogens with zero attached hydrogens (tertiary/aromatic N) is 1. The van der Waals surface area contributed by atoms with E-state index in [9.17, 15) is 9.59 Å². The third-order valence-corrected chi connectivity index (χ3v) is 3.58. The van der Waals surface area contributed by atoms with Crippen LogP contribution >= 0.6 is 0 Å². The van der Waals surface area contributed by atoms with Crippen LogP contribution in [0.15, 0.2) is 30.3 Å². The smallest absolute Gasteiger partial charge is 0.261 e. The minimum absolute atomic E-state index is 0.0421. The summed E-state index contributed by atoms with van der Waals surface area (Å²) in [5, 5.41) is 10.7. The maximum Gasteiger partial charge on any atom is 0.261 e. The number of benzene rings is 2. The van der Waals surface area contributed by atoms with E-state index in [-0.39, 0.29) is 18.4 Å². The molecule has 2 amide bonds. The highest BCUT2D eigenvalue weighted by atomic mass is 16.3. The molecule has 0 aliphatic carbocycles. The van der Waals surface area contributed by atoms with E-state index in [1.807, 2.05) is 18.2 Å². The van der Waals surface area contributed by atoms with Gasteiger partial charge in [0.05, 0.1) is 0 Å². The Labute approximate surface area is 110 Å². The van der Waals surface area contributed by atoms with Gasteiger partial charge in [-0.05, 0) is 29.5 Å². The summed E-state index contributed by atoms with van der Waals surface area (Å²) in [6.45, 7) is 0.0421. The topological polar surface area (TPSA) is 57.6 Å². The first kappa shape index (κ1) is 11.9. The molecule has 1 aliphatic rings. The van der Waals surface area contributed by atoms with E-state index in [1.165, 1.54) is 7.05 Å². The zero-order chi connectivity index (χ0) is 13.6. The monoisotopic (exact) mass is 255 g/mol. The molecule has 1 aliphatic heterocycles. The molecule has 2 aromatic rings. The van der Waals surface area contributed by atoms with Crippen molar-refractivity contribution in [2.75, 3.05) is 13.7 Å². The molecule has 0 fully saturated rings. The lowest BCUT2D eigenvalue weighted by molar-refractivity contribution is 0.0650. The Morgan fingerprint density at radius 2 is 1.74 bits per heavy atom. The van der Waals surface area contributed by atoms with Crippen molar-refractivity contribution in [1.29, 1.82) is 0 Å². The van der Waals surface area contributed by atoms with Crippen molar-refractivity contribution in [3.63, 3.8) is 0 Å². The van der Waals surface area contributed by atoms with E-state index in [0.717, 1.165) is 15.8 Å². The average molecular weight is 255 g/mol. The van der Waals surface area contributed by atoms with Gasteiger partial charge in [-0.25, -0.2) is 0 Å². The number of amides is 2. The van der Waals surface area contributed by atoms with E-state index in [2.05, 4.69) is 0 Å².